The summed E-state index contributed by atoms with van der Waals surface area (Å²) >= 11 is 0. The molecule has 0 aromatic heterocycles. The fourth-order valence-electron chi connectivity index (χ4n) is 9.19. The number of carbonyl (C=O) groups is 1. The molecular formula is C23H31N3O6. The van der Waals surface area contributed by atoms with Crippen molar-refractivity contribution in [1.29, 1.82) is 0 Å². The highest BCUT2D eigenvalue weighted by Gasteiger charge is 2.90. The molecule has 0 amide bonds. The second-order valence-electron chi connectivity index (χ2n) is 11.9. The second-order valence-corrected chi connectivity index (χ2v) is 11.9. The van der Waals surface area contributed by atoms with Crippen LogP contribution in [0.5, 0.6) is 0 Å². The molecule has 9 heteroatoms. The topological polar surface area (TPSA) is 134 Å². The van der Waals surface area contributed by atoms with Crippen molar-refractivity contribution in [3.05, 3.63) is 22.6 Å². The quantitative estimate of drug-likeness (QED) is 0.276. The maximum atomic E-state index is 14.0. The summed E-state index contributed by atoms with van der Waals surface area (Å²) in [6.45, 7) is 11.9. The number of Topliss-reactive ketones (excluding diaryl/α,β-unsaturated/α-hetero) is 1. The van der Waals surface area contributed by atoms with Crippen LogP contribution in [0.2, 0.25) is 0 Å². The number of azide groups is 1. The van der Waals surface area contributed by atoms with Crippen LogP contribution in [0.25, 0.3) is 10.4 Å². The highest BCUT2D eigenvalue weighted by molar-refractivity contribution is 6.05. The molecule has 3 aliphatic heterocycles. The number of hydrogen-bond donors (Lipinski definition) is 2. The SMILES string of the molecule is C=C1C(=O)[C@@]23[C@@H]4OC(C)(C)O[C@]25OC[C@]2([C@H](O)[C@@H](N=[N+]=[N-])CC(C)(C)[C@H]2[C@@H]5O)[C@@H]3CC[C@@H]14. The standard InChI is InChI=1S/C23H31N3O6/c1-10-11-6-7-13-21-9-30-23(22(13,15(10)27)18(11)31-20(4,5)32-23)17(29)14(21)19(2,3)8-12(16(21)28)25-26-24/h11-14,16-18,28-29H,1,6-9H2,2-5H3/t11-,12-,13-,14+,16+,17-,18+,21-,22-,23-/m0/s1. The Bertz CT molecular complexity index is 990. The molecule has 7 aliphatic rings. The minimum Gasteiger partial charge on any atom is -0.392 e. The molecule has 3 saturated heterocycles. The van der Waals surface area contributed by atoms with Crippen molar-refractivity contribution in [3.63, 3.8) is 0 Å². The van der Waals surface area contributed by atoms with Crippen LogP contribution >= 0.6 is 0 Å². The Morgan fingerprint density at radius 3 is 2.59 bits per heavy atom. The van der Waals surface area contributed by atoms with Crippen molar-refractivity contribution in [2.75, 3.05) is 6.61 Å². The Balaban J connectivity index is 1.66. The van der Waals surface area contributed by atoms with Gasteiger partial charge in [-0.2, -0.15) is 0 Å². The predicted molar refractivity (Wildman–Crippen MR) is 111 cm³/mol. The van der Waals surface area contributed by atoms with Gasteiger partial charge in [0.05, 0.1) is 24.9 Å². The zero-order valence-corrected chi connectivity index (χ0v) is 18.9. The number of rotatable bonds is 1. The van der Waals surface area contributed by atoms with E-state index in [0.29, 0.717) is 24.8 Å². The van der Waals surface area contributed by atoms with Crippen LogP contribution in [0.3, 0.4) is 0 Å². The third-order valence-corrected chi connectivity index (χ3v) is 9.79. The van der Waals surface area contributed by atoms with Crippen molar-refractivity contribution in [2.45, 2.75) is 82.9 Å². The summed E-state index contributed by atoms with van der Waals surface area (Å²) in [5.74, 6) is -3.76. The van der Waals surface area contributed by atoms with Crippen LogP contribution in [-0.4, -0.2) is 58.5 Å². The number of carbonyl (C=O) groups excluding carboxylic acids is 1. The smallest absolute Gasteiger partial charge is 0.213 e. The first-order valence-corrected chi connectivity index (χ1v) is 11.6. The van der Waals surface area contributed by atoms with Crippen LogP contribution in [0.1, 0.15) is 47.0 Å². The molecule has 7 fully saturated rings. The number of ether oxygens (including phenoxy) is 3. The monoisotopic (exact) mass is 445 g/mol. The lowest BCUT2D eigenvalue weighted by molar-refractivity contribution is -0.535. The fourth-order valence-corrected chi connectivity index (χ4v) is 9.19. The average molecular weight is 446 g/mol. The van der Waals surface area contributed by atoms with E-state index in [0.717, 1.165) is 0 Å². The number of aliphatic hydroxyl groups excluding tert-OH is 2. The molecule has 4 aliphatic carbocycles. The number of hydrogen-bond acceptors (Lipinski definition) is 7. The van der Waals surface area contributed by atoms with E-state index in [4.69, 9.17) is 14.2 Å². The van der Waals surface area contributed by atoms with Gasteiger partial charge in [-0.1, -0.05) is 25.5 Å². The summed E-state index contributed by atoms with van der Waals surface area (Å²) in [6.07, 6.45) is -0.986. The lowest BCUT2D eigenvalue weighted by Crippen LogP contribution is -2.89. The summed E-state index contributed by atoms with van der Waals surface area (Å²) < 4.78 is 19.3. The van der Waals surface area contributed by atoms with Gasteiger partial charge < -0.3 is 24.4 Å². The minimum absolute atomic E-state index is 0.121. The number of aliphatic hydroxyl groups is 2. The normalized spacial score (nSPS) is 56.2. The molecule has 4 saturated carbocycles. The predicted octanol–water partition coefficient (Wildman–Crippen LogP) is 2.46. The molecule has 9 nitrogen and oxygen atoms in total. The van der Waals surface area contributed by atoms with E-state index in [1.165, 1.54) is 0 Å². The number of fused-ring (bicyclic) bond motifs is 1. The number of nitrogens with zero attached hydrogens (tertiary/aromatic N) is 3. The molecule has 3 heterocycles. The van der Waals surface area contributed by atoms with Crippen molar-refractivity contribution in [1.82, 2.24) is 0 Å². The molecule has 0 aromatic carbocycles. The van der Waals surface area contributed by atoms with Gasteiger partial charge in [0.25, 0.3) is 0 Å². The highest BCUT2D eigenvalue weighted by Crippen LogP contribution is 2.79. The van der Waals surface area contributed by atoms with Crippen LogP contribution in [-0.2, 0) is 19.0 Å². The van der Waals surface area contributed by atoms with Crippen LogP contribution in [0, 0.1) is 34.0 Å². The Labute approximate surface area is 186 Å². The van der Waals surface area contributed by atoms with Crippen molar-refractivity contribution in [3.8, 4) is 0 Å². The van der Waals surface area contributed by atoms with Gasteiger partial charge in [0, 0.05) is 22.2 Å². The first-order valence-electron chi connectivity index (χ1n) is 11.6. The molecular weight excluding hydrogens is 414 g/mol. The minimum atomic E-state index is -1.58. The summed E-state index contributed by atoms with van der Waals surface area (Å²) in [6, 6.07) is -0.679. The van der Waals surface area contributed by atoms with Gasteiger partial charge in [0.1, 0.15) is 11.5 Å². The fraction of sp³-hybridized carbons (Fsp3) is 0.870. The summed E-state index contributed by atoms with van der Waals surface area (Å²) in [7, 11) is 0. The number of ketones is 1. The maximum absolute atomic E-state index is 14.0. The molecule has 0 radical (unpaired) electrons. The van der Waals surface area contributed by atoms with E-state index in [1.807, 2.05) is 13.8 Å². The summed E-state index contributed by atoms with van der Waals surface area (Å²) in [5.41, 5.74) is 6.92. The van der Waals surface area contributed by atoms with Gasteiger partial charge in [-0.25, -0.2) is 0 Å². The molecule has 2 N–H and O–H groups in total. The Kier molecular flexibility index (Phi) is 3.80. The Hall–Kier alpha value is -1.48. The van der Waals surface area contributed by atoms with E-state index in [1.54, 1.807) is 13.8 Å². The van der Waals surface area contributed by atoms with Crippen LogP contribution in [0.15, 0.2) is 17.3 Å². The lowest BCUT2D eigenvalue weighted by atomic mass is 9.35. The largest absolute Gasteiger partial charge is 0.392 e. The van der Waals surface area contributed by atoms with Crippen LogP contribution < -0.4 is 0 Å². The molecule has 32 heavy (non-hydrogen) atoms. The molecule has 7 rings (SSSR count). The lowest BCUT2D eigenvalue weighted by Gasteiger charge is -2.78. The van der Waals surface area contributed by atoms with Crippen molar-refractivity contribution < 1.29 is 29.2 Å². The van der Waals surface area contributed by atoms with E-state index < -0.39 is 58.1 Å². The van der Waals surface area contributed by atoms with Gasteiger partial charge in [-0.3, -0.25) is 4.79 Å². The zero-order chi connectivity index (χ0) is 23.1. The third-order valence-electron chi connectivity index (χ3n) is 9.79. The van der Waals surface area contributed by atoms with Gasteiger partial charge in [0.2, 0.25) is 5.79 Å². The third kappa shape index (κ3) is 1.90. The molecule has 0 aromatic rings. The van der Waals surface area contributed by atoms with E-state index >= 15 is 0 Å². The van der Waals surface area contributed by atoms with Gasteiger partial charge in [-0.05, 0) is 55.5 Å². The van der Waals surface area contributed by atoms with Crippen LogP contribution in [0.4, 0.5) is 0 Å². The molecule has 0 unspecified atom stereocenters. The summed E-state index contributed by atoms with van der Waals surface area (Å²) in [4.78, 5) is 17.0. The second kappa shape index (κ2) is 5.77. The van der Waals surface area contributed by atoms with Crippen molar-refractivity contribution >= 4 is 5.78 Å². The summed E-state index contributed by atoms with van der Waals surface area (Å²) in [5, 5.41) is 27.7. The van der Waals surface area contributed by atoms with E-state index in [9.17, 15) is 20.5 Å². The maximum Gasteiger partial charge on any atom is 0.213 e. The Morgan fingerprint density at radius 2 is 1.91 bits per heavy atom. The van der Waals surface area contributed by atoms with Gasteiger partial charge in [0.15, 0.2) is 11.6 Å². The van der Waals surface area contributed by atoms with Gasteiger partial charge >= 0.3 is 0 Å². The molecule has 4 bridgehead atoms. The van der Waals surface area contributed by atoms with Gasteiger partial charge in [-0.15, -0.1) is 0 Å². The van der Waals surface area contributed by atoms with Crippen molar-refractivity contribution in [2.24, 2.45) is 39.1 Å². The first-order chi connectivity index (χ1) is 14.9. The van der Waals surface area contributed by atoms with E-state index in [2.05, 4.69) is 16.6 Å². The molecule has 3 spiro atoms. The molecule has 10 atom stereocenters. The first kappa shape index (κ1) is 21.1. The zero-order valence-electron chi connectivity index (χ0n) is 18.9. The Morgan fingerprint density at radius 1 is 1.19 bits per heavy atom. The van der Waals surface area contributed by atoms with E-state index in [-0.39, 0.29) is 24.2 Å². The average Bonchev–Trinajstić information content (AvgIpc) is 2.82. The molecule has 174 valence electrons. The highest BCUT2D eigenvalue weighted by atomic mass is 16.8.